The Morgan fingerprint density at radius 1 is 1.73 bits per heavy atom. The Kier molecular flexibility index (Phi) is 3.39. The van der Waals surface area contributed by atoms with Gasteiger partial charge in [0.25, 0.3) is 0 Å². The average molecular weight is 176 g/mol. The van der Waals surface area contributed by atoms with Crippen molar-refractivity contribution in [2.24, 2.45) is 0 Å². The lowest BCUT2D eigenvalue weighted by molar-refractivity contribution is 0.196. The SMILES string of the molecule is COCCc1ocnc1CCl. The van der Waals surface area contributed by atoms with Gasteiger partial charge in [-0.1, -0.05) is 0 Å². The molecule has 0 unspecified atom stereocenters. The molecule has 1 rings (SSSR count). The standard InChI is InChI=1S/C7H10ClNO2/c1-10-3-2-7-6(4-8)9-5-11-7/h5H,2-4H2,1H3. The predicted octanol–water partition coefficient (Wildman–Crippen LogP) is 1.60. The molecule has 0 aliphatic heterocycles. The second-order valence-electron chi connectivity index (χ2n) is 2.10. The first-order valence-corrected chi connectivity index (χ1v) is 3.88. The molecule has 0 radical (unpaired) electrons. The van der Waals surface area contributed by atoms with E-state index in [9.17, 15) is 0 Å². The highest BCUT2D eigenvalue weighted by Crippen LogP contribution is 2.09. The maximum Gasteiger partial charge on any atom is 0.181 e. The Morgan fingerprint density at radius 2 is 2.55 bits per heavy atom. The third kappa shape index (κ3) is 2.20. The maximum atomic E-state index is 5.59. The molecule has 0 aromatic carbocycles. The molecule has 0 spiro atoms. The monoisotopic (exact) mass is 175 g/mol. The predicted molar refractivity (Wildman–Crippen MR) is 41.6 cm³/mol. The molecule has 1 heterocycles. The fourth-order valence-electron chi connectivity index (χ4n) is 0.801. The Bertz CT molecular complexity index is 212. The van der Waals surface area contributed by atoms with E-state index in [2.05, 4.69) is 4.98 Å². The van der Waals surface area contributed by atoms with E-state index in [4.69, 9.17) is 20.8 Å². The Hall–Kier alpha value is -0.540. The molecule has 62 valence electrons. The second kappa shape index (κ2) is 4.36. The van der Waals surface area contributed by atoms with Crippen molar-refractivity contribution in [2.45, 2.75) is 12.3 Å². The summed E-state index contributed by atoms with van der Waals surface area (Å²) in [5.41, 5.74) is 0.809. The summed E-state index contributed by atoms with van der Waals surface area (Å²) in [5.74, 6) is 1.22. The fourth-order valence-corrected chi connectivity index (χ4v) is 1.02. The molecule has 0 fully saturated rings. The summed E-state index contributed by atoms with van der Waals surface area (Å²) < 4.78 is 9.97. The van der Waals surface area contributed by atoms with E-state index in [1.54, 1.807) is 7.11 Å². The number of alkyl halides is 1. The van der Waals surface area contributed by atoms with Crippen LogP contribution in [0.15, 0.2) is 10.8 Å². The minimum atomic E-state index is 0.398. The van der Waals surface area contributed by atoms with Crippen molar-refractivity contribution in [3.8, 4) is 0 Å². The van der Waals surface area contributed by atoms with Gasteiger partial charge in [-0.2, -0.15) is 0 Å². The molecule has 3 nitrogen and oxygen atoms in total. The molecule has 4 heteroatoms. The Labute approximate surface area is 70.3 Å². The summed E-state index contributed by atoms with van der Waals surface area (Å²) in [4.78, 5) is 3.93. The summed E-state index contributed by atoms with van der Waals surface area (Å²) in [5, 5.41) is 0. The minimum absolute atomic E-state index is 0.398. The average Bonchev–Trinajstić information content (AvgIpc) is 2.47. The fraction of sp³-hybridized carbons (Fsp3) is 0.571. The molecule has 11 heavy (non-hydrogen) atoms. The van der Waals surface area contributed by atoms with Gasteiger partial charge in [-0.25, -0.2) is 4.98 Å². The molecule has 1 aromatic rings. The summed E-state index contributed by atoms with van der Waals surface area (Å²) in [7, 11) is 1.65. The topological polar surface area (TPSA) is 35.3 Å². The van der Waals surface area contributed by atoms with Crippen molar-refractivity contribution >= 4 is 11.6 Å². The number of ether oxygens (including phenoxy) is 1. The van der Waals surface area contributed by atoms with Crippen LogP contribution >= 0.6 is 11.6 Å². The molecule has 0 saturated heterocycles. The lowest BCUT2D eigenvalue weighted by atomic mass is 10.3. The first kappa shape index (κ1) is 8.56. The van der Waals surface area contributed by atoms with Gasteiger partial charge in [0.15, 0.2) is 6.39 Å². The zero-order chi connectivity index (χ0) is 8.10. The zero-order valence-corrected chi connectivity index (χ0v) is 7.10. The van der Waals surface area contributed by atoms with Crippen LogP contribution in [0.1, 0.15) is 11.5 Å². The van der Waals surface area contributed by atoms with Crippen molar-refractivity contribution in [1.82, 2.24) is 4.98 Å². The van der Waals surface area contributed by atoms with Crippen LogP contribution in [0.2, 0.25) is 0 Å². The molecule has 0 N–H and O–H groups in total. The number of hydrogen-bond donors (Lipinski definition) is 0. The third-order valence-electron chi connectivity index (χ3n) is 1.39. The number of rotatable bonds is 4. The summed E-state index contributed by atoms with van der Waals surface area (Å²) in [6.07, 6.45) is 2.14. The summed E-state index contributed by atoms with van der Waals surface area (Å²) >= 11 is 5.59. The van der Waals surface area contributed by atoms with Crippen LogP contribution in [0.5, 0.6) is 0 Å². The largest absolute Gasteiger partial charge is 0.448 e. The first-order valence-electron chi connectivity index (χ1n) is 3.34. The van der Waals surface area contributed by atoms with Crippen molar-refractivity contribution < 1.29 is 9.15 Å². The molecule has 1 aromatic heterocycles. The molecule has 0 saturated carbocycles. The van der Waals surface area contributed by atoms with E-state index >= 15 is 0 Å². The van der Waals surface area contributed by atoms with Crippen LogP contribution in [0.3, 0.4) is 0 Å². The van der Waals surface area contributed by atoms with Crippen molar-refractivity contribution in [1.29, 1.82) is 0 Å². The Morgan fingerprint density at radius 3 is 3.18 bits per heavy atom. The van der Waals surface area contributed by atoms with Crippen LogP contribution in [0, 0.1) is 0 Å². The number of aromatic nitrogens is 1. The van der Waals surface area contributed by atoms with E-state index in [0.717, 1.165) is 17.9 Å². The van der Waals surface area contributed by atoms with Gasteiger partial charge in [-0.15, -0.1) is 11.6 Å². The van der Waals surface area contributed by atoms with Crippen molar-refractivity contribution in [3.63, 3.8) is 0 Å². The van der Waals surface area contributed by atoms with E-state index in [1.807, 2.05) is 0 Å². The number of halogens is 1. The van der Waals surface area contributed by atoms with Crippen molar-refractivity contribution in [2.75, 3.05) is 13.7 Å². The highest BCUT2D eigenvalue weighted by Gasteiger charge is 2.05. The van der Waals surface area contributed by atoms with Gasteiger partial charge >= 0.3 is 0 Å². The van der Waals surface area contributed by atoms with Gasteiger partial charge in [0, 0.05) is 13.5 Å². The number of oxazole rings is 1. The quantitative estimate of drug-likeness (QED) is 0.653. The lowest BCUT2D eigenvalue weighted by Gasteiger charge is -1.95. The first-order chi connectivity index (χ1) is 5.38. The van der Waals surface area contributed by atoms with Crippen LogP contribution in [-0.4, -0.2) is 18.7 Å². The second-order valence-corrected chi connectivity index (χ2v) is 2.37. The highest BCUT2D eigenvalue weighted by atomic mass is 35.5. The molecule has 0 atom stereocenters. The lowest BCUT2D eigenvalue weighted by Crippen LogP contribution is -1.95. The third-order valence-corrected chi connectivity index (χ3v) is 1.64. The van der Waals surface area contributed by atoms with E-state index in [0.29, 0.717) is 12.5 Å². The summed E-state index contributed by atoms with van der Waals surface area (Å²) in [6.45, 7) is 0.638. The molecular formula is C7H10ClNO2. The number of nitrogens with zero attached hydrogens (tertiary/aromatic N) is 1. The molecular weight excluding hydrogens is 166 g/mol. The molecule has 0 amide bonds. The van der Waals surface area contributed by atoms with Gasteiger partial charge < -0.3 is 9.15 Å². The Balaban J connectivity index is 2.54. The van der Waals surface area contributed by atoms with E-state index in [-0.39, 0.29) is 0 Å². The van der Waals surface area contributed by atoms with Gasteiger partial charge in [0.2, 0.25) is 0 Å². The normalized spacial score (nSPS) is 10.4. The number of hydrogen-bond acceptors (Lipinski definition) is 3. The van der Waals surface area contributed by atoms with Gasteiger partial charge in [-0.3, -0.25) is 0 Å². The molecule has 0 aliphatic rings. The smallest absolute Gasteiger partial charge is 0.181 e. The van der Waals surface area contributed by atoms with Gasteiger partial charge in [0.1, 0.15) is 5.76 Å². The molecule has 0 bridgehead atoms. The molecule has 0 aliphatic carbocycles. The van der Waals surface area contributed by atoms with Crippen LogP contribution in [-0.2, 0) is 17.0 Å². The zero-order valence-electron chi connectivity index (χ0n) is 6.34. The maximum absolute atomic E-state index is 5.59. The number of methoxy groups -OCH3 is 1. The van der Waals surface area contributed by atoms with Gasteiger partial charge in [-0.05, 0) is 0 Å². The summed E-state index contributed by atoms with van der Waals surface area (Å²) in [6, 6.07) is 0. The van der Waals surface area contributed by atoms with Crippen molar-refractivity contribution in [3.05, 3.63) is 17.8 Å². The van der Waals surface area contributed by atoms with Crippen LogP contribution in [0.25, 0.3) is 0 Å². The van der Waals surface area contributed by atoms with E-state index < -0.39 is 0 Å². The van der Waals surface area contributed by atoms with Crippen LogP contribution < -0.4 is 0 Å². The van der Waals surface area contributed by atoms with E-state index in [1.165, 1.54) is 6.39 Å². The van der Waals surface area contributed by atoms with Crippen LogP contribution in [0.4, 0.5) is 0 Å². The minimum Gasteiger partial charge on any atom is -0.448 e. The highest BCUT2D eigenvalue weighted by molar-refractivity contribution is 6.16. The van der Waals surface area contributed by atoms with Gasteiger partial charge in [0.05, 0.1) is 18.2 Å².